The Morgan fingerprint density at radius 1 is 1.33 bits per heavy atom. The highest BCUT2D eigenvalue weighted by atomic mass is 35.5. The van der Waals surface area contributed by atoms with Crippen molar-refractivity contribution in [3.63, 3.8) is 0 Å². The van der Waals surface area contributed by atoms with Gasteiger partial charge < -0.3 is 5.32 Å². The Labute approximate surface area is 128 Å². The average Bonchev–Trinajstić information content (AvgIpc) is 2.72. The number of nitrogens with zero attached hydrogens (tertiary/aromatic N) is 2. The number of amides is 1. The molecule has 0 atom stereocenters. The van der Waals surface area contributed by atoms with Crippen molar-refractivity contribution in [3.05, 3.63) is 55.9 Å². The first-order chi connectivity index (χ1) is 10.0. The van der Waals surface area contributed by atoms with E-state index in [1.54, 1.807) is 18.2 Å². The molecular formula is C13H8ClN3O3S. The zero-order chi connectivity index (χ0) is 15.0. The molecule has 1 aromatic heterocycles. The molecule has 0 saturated carbocycles. The Morgan fingerprint density at radius 2 is 2.05 bits per heavy atom. The molecule has 0 fully saturated rings. The third-order valence-corrected chi connectivity index (χ3v) is 4.12. The number of fused-ring (bicyclic) bond motifs is 1. The zero-order valence-electron chi connectivity index (χ0n) is 10.5. The summed E-state index contributed by atoms with van der Waals surface area (Å²) in [6.07, 6.45) is 0. The lowest BCUT2D eigenvalue weighted by Gasteiger charge is -2.04. The maximum absolute atomic E-state index is 11.6. The van der Waals surface area contributed by atoms with Crippen molar-refractivity contribution in [1.29, 1.82) is 0 Å². The molecule has 0 spiro atoms. The van der Waals surface area contributed by atoms with Crippen LogP contribution in [0.3, 0.4) is 0 Å². The van der Waals surface area contributed by atoms with Crippen LogP contribution in [0.4, 0.5) is 10.7 Å². The molecule has 1 aliphatic heterocycles. The van der Waals surface area contributed by atoms with Crippen molar-refractivity contribution in [2.45, 2.75) is 0 Å². The lowest BCUT2D eigenvalue weighted by molar-refractivity contribution is -0.384. The van der Waals surface area contributed by atoms with Gasteiger partial charge in [0.1, 0.15) is 11.5 Å². The number of hydrogen-bond donors (Lipinski definition) is 1. The third-order valence-electron chi connectivity index (χ3n) is 2.94. The van der Waals surface area contributed by atoms with Crippen molar-refractivity contribution >= 4 is 45.2 Å². The number of aliphatic imine (C=N–C) groups is 1. The van der Waals surface area contributed by atoms with E-state index in [1.807, 2.05) is 0 Å². The number of halogens is 1. The summed E-state index contributed by atoms with van der Waals surface area (Å²) in [5, 5.41) is 14.1. The van der Waals surface area contributed by atoms with Crippen LogP contribution in [-0.2, 0) is 4.79 Å². The van der Waals surface area contributed by atoms with E-state index in [0.717, 1.165) is 5.56 Å². The zero-order valence-corrected chi connectivity index (χ0v) is 12.1. The fourth-order valence-electron chi connectivity index (χ4n) is 2.02. The van der Waals surface area contributed by atoms with E-state index in [2.05, 4.69) is 10.3 Å². The van der Waals surface area contributed by atoms with E-state index >= 15 is 0 Å². The summed E-state index contributed by atoms with van der Waals surface area (Å²) in [5.74, 6) is -0.216. The number of carbonyl (C=O) groups is 1. The minimum atomic E-state index is -0.462. The summed E-state index contributed by atoms with van der Waals surface area (Å²) in [7, 11) is 0. The Bertz CT molecular complexity index is 767. The Kier molecular flexibility index (Phi) is 3.44. The lowest BCUT2D eigenvalue weighted by atomic mass is 10.0. The van der Waals surface area contributed by atoms with E-state index in [9.17, 15) is 14.9 Å². The van der Waals surface area contributed by atoms with Gasteiger partial charge in [-0.25, -0.2) is 0 Å². The topological polar surface area (TPSA) is 84.6 Å². The highest BCUT2D eigenvalue weighted by Crippen LogP contribution is 2.34. The summed E-state index contributed by atoms with van der Waals surface area (Å²) in [4.78, 5) is 26.1. The number of nitro groups is 1. The minimum absolute atomic E-state index is 0.00530. The standard InChI is InChI=1S/C13H8ClN3O3S/c14-10-5-9-12(15-6-11(18)16-13(9)21-10)7-1-3-8(4-2-7)17(19)20/h1-5H,6H2,(H,16,18). The molecule has 2 aromatic rings. The van der Waals surface area contributed by atoms with Crippen LogP contribution in [0.15, 0.2) is 35.3 Å². The highest BCUT2D eigenvalue weighted by molar-refractivity contribution is 7.20. The molecule has 0 aliphatic carbocycles. The molecule has 8 heteroatoms. The number of nitrogens with one attached hydrogen (secondary N) is 1. The first-order valence-electron chi connectivity index (χ1n) is 5.93. The van der Waals surface area contributed by atoms with Gasteiger partial charge in [-0.2, -0.15) is 0 Å². The SMILES string of the molecule is O=C1CN=C(c2ccc([N+](=O)[O-])cc2)c2cc(Cl)sc2N1. The number of non-ortho nitro benzene ring substituents is 1. The molecule has 1 aromatic carbocycles. The average molecular weight is 322 g/mol. The van der Waals surface area contributed by atoms with Crippen LogP contribution in [0.1, 0.15) is 11.1 Å². The van der Waals surface area contributed by atoms with Gasteiger partial charge in [-0.05, 0) is 18.2 Å². The first-order valence-corrected chi connectivity index (χ1v) is 7.13. The molecule has 1 amide bonds. The second-order valence-corrected chi connectivity index (χ2v) is 5.99. The highest BCUT2D eigenvalue weighted by Gasteiger charge is 2.21. The van der Waals surface area contributed by atoms with E-state index in [1.165, 1.54) is 23.5 Å². The number of nitro benzene ring substituents is 1. The third kappa shape index (κ3) is 2.65. The van der Waals surface area contributed by atoms with Crippen LogP contribution in [0.2, 0.25) is 4.34 Å². The smallest absolute Gasteiger partial charge is 0.269 e. The van der Waals surface area contributed by atoms with Crippen LogP contribution in [0.25, 0.3) is 0 Å². The van der Waals surface area contributed by atoms with Gasteiger partial charge in [-0.3, -0.25) is 19.9 Å². The van der Waals surface area contributed by atoms with Crippen LogP contribution in [0, 0.1) is 10.1 Å². The number of thiophene rings is 1. The summed E-state index contributed by atoms with van der Waals surface area (Å²) < 4.78 is 0.539. The largest absolute Gasteiger partial charge is 0.315 e. The predicted molar refractivity (Wildman–Crippen MR) is 81.6 cm³/mol. The molecule has 0 bridgehead atoms. The fourth-order valence-corrected chi connectivity index (χ4v) is 3.16. The number of carbonyl (C=O) groups excluding carboxylic acids is 1. The second-order valence-electron chi connectivity index (χ2n) is 4.31. The van der Waals surface area contributed by atoms with Gasteiger partial charge in [0.15, 0.2) is 0 Å². The molecule has 0 saturated heterocycles. The maximum atomic E-state index is 11.6. The summed E-state index contributed by atoms with van der Waals surface area (Å²) in [5.41, 5.74) is 2.03. The number of hydrogen-bond acceptors (Lipinski definition) is 5. The molecule has 0 unspecified atom stereocenters. The first kappa shape index (κ1) is 13.7. The number of anilines is 1. The van der Waals surface area contributed by atoms with Crippen molar-refractivity contribution in [1.82, 2.24) is 0 Å². The Balaban J connectivity index is 2.08. The summed E-state index contributed by atoms with van der Waals surface area (Å²) in [6.45, 7) is 0.00530. The Hall–Kier alpha value is -2.25. The monoisotopic (exact) mass is 321 g/mol. The molecule has 1 aliphatic rings. The molecule has 0 radical (unpaired) electrons. The van der Waals surface area contributed by atoms with Crippen molar-refractivity contribution < 1.29 is 9.72 Å². The van der Waals surface area contributed by atoms with Crippen molar-refractivity contribution in [2.24, 2.45) is 4.99 Å². The van der Waals surface area contributed by atoms with Crippen molar-refractivity contribution in [2.75, 3.05) is 11.9 Å². The van der Waals surface area contributed by atoms with Crippen LogP contribution >= 0.6 is 22.9 Å². The molecule has 1 N–H and O–H groups in total. The van der Waals surface area contributed by atoms with E-state index < -0.39 is 4.92 Å². The lowest BCUT2D eigenvalue weighted by Crippen LogP contribution is -2.12. The van der Waals surface area contributed by atoms with E-state index in [0.29, 0.717) is 20.6 Å². The predicted octanol–water partition coefficient (Wildman–Crippen LogP) is 3.10. The molecule has 6 nitrogen and oxygen atoms in total. The van der Waals surface area contributed by atoms with Gasteiger partial charge in [0, 0.05) is 23.3 Å². The van der Waals surface area contributed by atoms with Gasteiger partial charge in [0.25, 0.3) is 5.69 Å². The van der Waals surface area contributed by atoms with Crippen LogP contribution < -0.4 is 5.32 Å². The molecular weight excluding hydrogens is 314 g/mol. The van der Waals surface area contributed by atoms with Crippen molar-refractivity contribution in [3.8, 4) is 0 Å². The second kappa shape index (κ2) is 5.27. The van der Waals surface area contributed by atoms with Gasteiger partial charge in [0.2, 0.25) is 5.91 Å². The van der Waals surface area contributed by atoms with E-state index in [4.69, 9.17) is 11.6 Å². The Morgan fingerprint density at radius 3 is 2.71 bits per heavy atom. The van der Waals surface area contributed by atoms with Crippen LogP contribution in [0.5, 0.6) is 0 Å². The van der Waals surface area contributed by atoms with Gasteiger partial charge >= 0.3 is 0 Å². The van der Waals surface area contributed by atoms with E-state index in [-0.39, 0.29) is 18.1 Å². The maximum Gasteiger partial charge on any atom is 0.269 e. The van der Waals surface area contributed by atoms with Crippen LogP contribution in [-0.4, -0.2) is 23.1 Å². The van der Waals surface area contributed by atoms with Gasteiger partial charge in [-0.15, -0.1) is 11.3 Å². The summed E-state index contributed by atoms with van der Waals surface area (Å²) in [6, 6.07) is 7.77. The number of benzene rings is 1. The quantitative estimate of drug-likeness (QED) is 0.681. The fraction of sp³-hybridized carbons (Fsp3) is 0.0769. The number of rotatable bonds is 2. The van der Waals surface area contributed by atoms with Gasteiger partial charge in [0.05, 0.1) is 15.0 Å². The molecule has 106 valence electrons. The molecule has 21 heavy (non-hydrogen) atoms. The molecule has 2 heterocycles. The normalized spacial score (nSPS) is 14.0. The molecule has 3 rings (SSSR count). The minimum Gasteiger partial charge on any atom is -0.315 e. The van der Waals surface area contributed by atoms with Gasteiger partial charge in [-0.1, -0.05) is 11.6 Å². The summed E-state index contributed by atoms with van der Waals surface area (Å²) >= 11 is 7.25.